The van der Waals surface area contributed by atoms with Crippen LogP contribution in [0.25, 0.3) is 0 Å². The molecule has 0 aliphatic carbocycles. The number of hydrogen-bond acceptors (Lipinski definition) is 4. The van der Waals surface area contributed by atoms with Crippen molar-refractivity contribution in [3.8, 4) is 0 Å². The fraction of sp³-hybridized carbons (Fsp3) is 0.650. The van der Waals surface area contributed by atoms with Gasteiger partial charge in [-0.1, -0.05) is 30.3 Å². The molecule has 0 saturated carbocycles. The molecule has 3 rings (SSSR count). The lowest BCUT2D eigenvalue weighted by Gasteiger charge is -2.47. The van der Waals surface area contributed by atoms with Crippen LogP contribution >= 0.6 is 24.8 Å². The number of likely N-dealkylation sites (N-methyl/N-ethyl adjacent to an activating group) is 1. The molecular formula is C20H33Cl2N3O2. The Morgan fingerprint density at radius 3 is 2.67 bits per heavy atom. The van der Waals surface area contributed by atoms with Gasteiger partial charge in [0.2, 0.25) is 5.91 Å². The summed E-state index contributed by atoms with van der Waals surface area (Å²) in [5.74, 6) is 0.966. The van der Waals surface area contributed by atoms with Crippen LogP contribution in [0, 0.1) is 5.92 Å². The first kappa shape index (κ1) is 24.2. The molecule has 27 heavy (non-hydrogen) atoms. The number of piperidine rings is 2. The maximum absolute atomic E-state index is 12.2. The number of nitrogens with one attached hydrogen (secondary N) is 1. The topological polar surface area (TPSA) is 44.8 Å². The summed E-state index contributed by atoms with van der Waals surface area (Å²) < 4.78 is 5.84. The van der Waals surface area contributed by atoms with Crippen molar-refractivity contribution < 1.29 is 9.53 Å². The van der Waals surface area contributed by atoms with Crippen LogP contribution in [-0.4, -0.2) is 68.1 Å². The SMILES string of the molecule is CNCCN1C(=O)CC[C@H]2CN(CCOCc3ccccc3)CC[C@H]21.Cl.Cl. The van der Waals surface area contributed by atoms with Gasteiger partial charge in [0, 0.05) is 45.2 Å². The highest BCUT2D eigenvalue weighted by Crippen LogP contribution is 2.30. The van der Waals surface area contributed by atoms with Gasteiger partial charge >= 0.3 is 0 Å². The van der Waals surface area contributed by atoms with E-state index in [1.807, 2.05) is 25.2 Å². The van der Waals surface area contributed by atoms with Crippen LogP contribution in [0.1, 0.15) is 24.8 Å². The number of ether oxygens (including phenoxy) is 1. The van der Waals surface area contributed by atoms with Crippen molar-refractivity contribution >= 4 is 30.7 Å². The van der Waals surface area contributed by atoms with E-state index < -0.39 is 0 Å². The molecule has 0 aromatic heterocycles. The van der Waals surface area contributed by atoms with Crippen molar-refractivity contribution in [3.63, 3.8) is 0 Å². The highest BCUT2D eigenvalue weighted by molar-refractivity contribution is 5.85. The van der Waals surface area contributed by atoms with Gasteiger partial charge in [0.1, 0.15) is 0 Å². The number of nitrogens with zero attached hydrogens (tertiary/aromatic N) is 2. The monoisotopic (exact) mass is 417 g/mol. The maximum atomic E-state index is 12.2. The zero-order valence-electron chi connectivity index (χ0n) is 16.1. The number of fused-ring (bicyclic) bond motifs is 1. The van der Waals surface area contributed by atoms with E-state index in [1.165, 1.54) is 5.56 Å². The van der Waals surface area contributed by atoms with Gasteiger partial charge in [0.25, 0.3) is 0 Å². The van der Waals surface area contributed by atoms with E-state index in [0.717, 1.165) is 52.2 Å². The second-order valence-corrected chi connectivity index (χ2v) is 7.18. The first-order chi connectivity index (χ1) is 12.3. The minimum absolute atomic E-state index is 0. The van der Waals surface area contributed by atoms with Crippen molar-refractivity contribution in [3.05, 3.63) is 35.9 Å². The highest BCUT2D eigenvalue weighted by Gasteiger charge is 2.38. The first-order valence-electron chi connectivity index (χ1n) is 9.56. The molecule has 1 aromatic carbocycles. The summed E-state index contributed by atoms with van der Waals surface area (Å²) in [6.07, 6.45) is 2.85. The molecule has 7 heteroatoms. The number of carbonyl (C=O) groups is 1. The van der Waals surface area contributed by atoms with E-state index in [-0.39, 0.29) is 24.8 Å². The lowest BCUT2D eigenvalue weighted by molar-refractivity contribution is -0.141. The van der Waals surface area contributed by atoms with E-state index in [0.29, 0.717) is 30.9 Å². The summed E-state index contributed by atoms with van der Waals surface area (Å²) in [6, 6.07) is 10.8. The summed E-state index contributed by atoms with van der Waals surface area (Å²) in [5.41, 5.74) is 1.23. The molecular weight excluding hydrogens is 385 g/mol. The molecule has 2 aliphatic heterocycles. The maximum Gasteiger partial charge on any atom is 0.222 e. The van der Waals surface area contributed by atoms with E-state index >= 15 is 0 Å². The van der Waals surface area contributed by atoms with E-state index in [4.69, 9.17) is 4.74 Å². The third-order valence-corrected chi connectivity index (χ3v) is 5.49. The van der Waals surface area contributed by atoms with E-state index in [9.17, 15) is 4.79 Å². The Morgan fingerprint density at radius 2 is 1.93 bits per heavy atom. The van der Waals surface area contributed by atoms with Gasteiger partial charge in [-0.15, -0.1) is 24.8 Å². The fourth-order valence-electron chi connectivity index (χ4n) is 4.11. The van der Waals surface area contributed by atoms with Crippen LogP contribution in [0.2, 0.25) is 0 Å². The number of likely N-dealkylation sites (tertiary alicyclic amines) is 2. The molecule has 2 heterocycles. The van der Waals surface area contributed by atoms with Crippen LogP contribution in [-0.2, 0) is 16.1 Å². The molecule has 0 bridgehead atoms. The van der Waals surface area contributed by atoms with Crippen LogP contribution in [0.5, 0.6) is 0 Å². The zero-order chi connectivity index (χ0) is 17.5. The molecule has 2 saturated heterocycles. The molecule has 5 nitrogen and oxygen atoms in total. The van der Waals surface area contributed by atoms with Gasteiger partial charge in [0.15, 0.2) is 0 Å². The number of benzene rings is 1. The standard InChI is InChI=1S/C20H31N3O2.2ClH/c1-21-10-12-23-19-9-11-22(15-18(19)7-8-20(23)24)13-14-25-16-17-5-3-2-4-6-17;;/h2-6,18-19,21H,7-16H2,1H3;2*1H/t18-,19+;;/m0../s1. The summed E-state index contributed by atoms with van der Waals surface area (Å²) in [5, 5.41) is 3.17. The number of carbonyl (C=O) groups excluding carboxylic acids is 1. The third-order valence-electron chi connectivity index (χ3n) is 5.49. The number of halogens is 2. The zero-order valence-corrected chi connectivity index (χ0v) is 17.8. The van der Waals surface area contributed by atoms with E-state index in [1.54, 1.807) is 0 Å². The second-order valence-electron chi connectivity index (χ2n) is 7.18. The summed E-state index contributed by atoms with van der Waals surface area (Å²) in [6.45, 7) is 6.34. The van der Waals surface area contributed by atoms with Crippen molar-refractivity contribution in [1.82, 2.24) is 15.1 Å². The normalized spacial score (nSPS) is 22.6. The highest BCUT2D eigenvalue weighted by atomic mass is 35.5. The third kappa shape index (κ3) is 6.91. The van der Waals surface area contributed by atoms with Gasteiger partial charge in [-0.3, -0.25) is 4.79 Å². The van der Waals surface area contributed by atoms with Crippen LogP contribution in [0.4, 0.5) is 0 Å². The smallest absolute Gasteiger partial charge is 0.222 e. The Labute approximate surface area is 175 Å². The molecule has 1 N–H and O–H groups in total. The molecule has 2 fully saturated rings. The molecule has 2 atom stereocenters. The van der Waals surface area contributed by atoms with E-state index in [2.05, 4.69) is 27.2 Å². The van der Waals surface area contributed by atoms with Gasteiger partial charge in [-0.25, -0.2) is 0 Å². The summed E-state index contributed by atoms with van der Waals surface area (Å²) >= 11 is 0. The Hall–Kier alpha value is -0.850. The summed E-state index contributed by atoms with van der Waals surface area (Å²) in [7, 11) is 1.95. The fourth-order valence-corrected chi connectivity index (χ4v) is 4.11. The van der Waals surface area contributed by atoms with Gasteiger partial charge in [-0.05, 0) is 31.4 Å². The lowest BCUT2D eigenvalue weighted by atomic mass is 9.83. The van der Waals surface area contributed by atoms with Gasteiger partial charge < -0.3 is 19.9 Å². The van der Waals surface area contributed by atoms with Crippen LogP contribution in [0.3, 0.4) is 0 Å². The minimum atomic E-state index is 0. The molecule has 1 amide bonds. The van der Waals surface area contributed by atoms with Gasteiger partial charge in [-0.2, -0.15) is 0 Å². The average molecular weight is 418 g/mol. The Morgan fingerprint density at radius 1 is 1.15 bits per heavy atom. The molecule has 1 aromatic rings. The average Bonchev–Trinajstić information content (AvgIpc) is 2.65. The van der Waals surface area contributed by atoms with Crippen molar-refractivity contribution in [2.45, 2.75) is 31.9 Å². The quantitative estimate of drug-likeness (QED) is 0.660. The molecule has 0 radical (unpaired) electrons. The predicted molar refractivity (Wildman–Crippen MR) is 114 cm³/mol. The van der Waals surface area contributed by atoms with Crippen molar-refractivity contribution in [2.24, 2.45) is 5.92 Å². The minimum Gasteiger partial charge on any atom is -0.375 e. The molecule has 154 valence electrons. The first-order valence-corrected chi connectivity index (χ1v) is 9.56. The van der Waals surface area contributed by atoms with Crippen LogP contribution < -0.4 is 5.32 Å². The van der Waals surface area contributed by atoms with Crippen molar-refractivity contribution in [2.75, 3.05) is 46.4 Å². The summed E-state index contributed by atoms with van der Waals surface area (Å²) in [4.78, 5) is 16.9. The Bertz CT molecular complexity index is 547. The molecule has 2 aliphatic rings. The largest absolute Gasteiger partial charge is 0.375 e. The van der Waals surface area contributed by atoms with Crippen molar-refractivity contribution in [1.29, 1.82) is 0 Å². The van der Waals surface area contributed by atoms with Gasteiger partial charge in [0.05, 0.1) is 13.2 Å². The number of rotatable bonds is 8. The molecule has 0 spiro atoms. The van der Waals surface area contributed by atoms with Crippen LogP contribution in [0.15, 0.2) is 30.3 Å². The second kappa shape index (κ2) is 12.6. The number of amides is 1. The molecule has 0 unspecified atom stereocenters. The predicted octanol–water partition coefficient (Wildman–Crippen LogP) is 2.58. The Balaban J connectivity index is 0.00000182. The number of hydrogen-bond donors (Lipinski definition) is 1. The lowest BCUT2D eigenvalue weighted by Crippen LogP contribution is -2.57. The Kier molecular flexibility index (Phi) is 11.3.